The lowest BCUT2D eigenvalue weighted by molar-refractivity contribution is 0.914. The fraction of sp³-hybridized carbons (Fsp3) is 0.385. The SMILES string of the molecule is C/C=C(Cl)\C(=C/CCSc1cccc(CCc2ccccc2)c1)CCC.CC. The fourth-order valence-corrected chi connectivity index (χ4v) is 3.96. The molecule has 0 amide bonds. The lowest BCUT2D eigenvalue weighted by Gasteiger charge is -2.07. The van der Waals surface area contributed by atoms with Crippen LogP contribution in [0.25, 0.3) is 0 Å². The first-order valence-corrected chi connectivity index (χ1v) is 11.9. The second-order valence-corrected chi connectivity index (χ2v) is 7.96. The average molecular weight is 415 g/mol. The number of thioether (sulfide) groups is 1. The summed E-state index contributed by atoms with van der Waals surface area (Å²) in [6, 6.07) is 19.7. The highest BCUT2D eigenvalue weighted by Crippen LogP contribution is 2.24. The van der Waals surface area contributed by atoms with Gasteiger partial charge in [-0.25, -0.2) is 0 Å². The van der Waals surface area contributed by atoms with Gasteiger partial charge in [0.1, 0.15) is 0 Å². The molecular formula is C26H35ClS. The molecule has 0 nitrogen and oxygen atoms in total. The van der Waals surface area contributed by atoms with Gasteiger partial charge in [0, 0.05) is 15.7 Å². The standard InChI is InChI=1S/C24H29ClS.C2H6/c1-3-10-22(24(25)4-2)14-9-18-26-23-15-8-13-21(19-23)17-16-20-11-6-5-7-12-20;1-2/h4-8,11-15,19H,3,9-10,16-18H2,1-2H3;1-2H3/b22-14-,24-4+;. The van der Waals surface area contributed by atoms with Crippen molar-refractivity contribution in [2.24, 2.45) is 0 Å². The van der Waals surface area contributed by atoms with Gasteiger partial charge < -0.3 is 0 Å². The molecule has 0 radical (unpaired) electrons. The molecule has 0 heterocycles. The third kappa shape index (κ3) is 9.66. The summed E-state index contributed by atoms with van der Waals surface area (Å²) in [5.74, 6) is 1.09. The maximum absolute atomic E-state index is 6.30. The van der Waals surface area contributed by atoms with E-state index in [9.17, 15) is 0 Å². The van der Waals surface area contributed by atoms with Gasteiger partial charge in [-0.15, -0.1) is 11.8 Å². The van der Waals surface area contributed by atoms with Crippen LogP contribution in [0, 0.1) is 0 Å². The van der Waals surface area contributed by atoms with Crippen LogP contribution in [0.1, 0.15) is 58.1 Å². The number of halogens is 1. The maximum Gasteiger partial charge on any atom is 0.0392 e. The number of rotatable bonds is 10. The lowest BCUT2D eigenvalue weighted by Crippen LogP contribution is -1.91. The predicted octanol–water partition coefficient (Wildman–Crippen LogP) is 8.85. The van der Waals surface area contributed by atoms with E-state index in [4.69, 9.17) is 11.6 Å². The van der Waals surface area contributed by atoms with Gasteiger partial charge in [-0.2, -0.15) is 0 Å². The van der Waals surface area contributed by atoms with Gasteiger partial charge in [0.15, 0.2) is 0 Å². The molecule has 2 heteroatoms. The Morgan fingerprint density at radius 2 is 1.64 bits per heavy atom. The zero-order valence-corrected chi connectivity index (χ0v) is 19.5. The van der Waals surface area contributed by atoms with Crippen LogP contribution in [-0.4, -0.2) is 5.75 Å². The van der Waals surface area contributed by atoms with E-state index in [1.807, 2.05) is 38.6 Å². The van der Waals surface area contributed by atoms with Crippen LogP contribution in [-0.2, 0) is 12.8 Å². The molecule has 0 N–H and O–H groups in total. The minimum atomic E-state index is 0.903. The predicted molar refractivity (Wildman–Crippen MR) is 130 cm³/mol. The molecule has 0 unspecified atom stereocenters. The molecule has 0 fully saturated rings. The Bertz CT molecular complexity index is 716. The van der Waals surface area contributed by atoms with E-state index >= 15 is 0 Å². The van der Waals surface area contributed by atoms with Crippen molar-refractivity contribution in [1.82, 2.24) is 0 Å². The summed E-state index contributed by atoms with van der Waals surface area (Å²) in [6.45, 7) is 8.20. The van der Waals surface area contributed by atoms with E-state index < -0.39 is 0 Å². The molecule has 28 heavy (non-hydrogen) atoms. The molecule has 0 aliphatic heterocycles. The largest absolute Gasteiger partial charge is 0.126 e. The zero-order chi connectivity index (χ0) is 20.6. The number of hydrogen-bond acceptors (Lipinski definition) is 1. The first-order valence-electron chi connectivity index (χ1n) is 10.5. The summed E-state index contributed by atoms with van der Waals surface area (Å²) in [6.07, 6.45) is 9.73. The molecule has 0 aliphatic carbocycles. The molecule has 0 saturated heterocycles. The van der Waals surface area contributed by atoms with Crippen molar-refractivity contribution >= 4 is 23.4 Å². The Balaban J connectivity index is 0.00000190. The van der Waals surface area contributed by atoms with E-state index in [2.05, 4.69) is 67.6 Å². The van der Waals surface area contributed by atoms with Crippen molar-refractivity contribution in [2.45, 2.75) is 64.7 Å². The molecule has 0 aromatic heterocycles. The highest BCUT2D eigenvalue weighted by molar-refractivity contribution is 7.99. The first kappa shape index (κ1) is 24.6. The summed E-state index contributed by atoms with van der Waals surface area (Å²) in [4.78, 5) is 1.36. The molecule has 0 spiro atoms. The molecule has 0 saturated carbocycles. The number of allylic oxidation sites excluding steroid dienone is 4. The summed E-state index contributed by atoms with van der Waals surface area (Å²) < 4.78 is 0. The summed E-state index contributed by atoms with van der Waals surface area (Å²) in [5.41, 5.74) is 4.10. The molecule has 2 aromatic carbocycles. The van der Waals surface area contributed by atoms with Gasteiger partial charge >= 0.3 is 0 Å². The Morgan fingerprint density at radius 3 is 2.32 bits per heavy atom. The molecule has 0 bridgehead atoms. The van der Waals surface area contributed by atoms with Crippen molar-refractivity contribution < 1.29 is 0 Å². The smallest absolute Gasteiger partial charge is 0.0392 e. The van der Waals surface area contributed by atoms with Crippen LogP contribution in [0.3, 0.4) is 0 Å². The fourth-order valence-electron chi connectivity index (χ4n) is 2.91. The Labute approximate surface area is 182 Å². The topological polar surface area (TPSA) is 0 Å². The van der Waals surface area contributed by atoms with Gasteiger partial charge in [-0.05, 0) is 61.4 Å². The van der Waals surface area contributed by atoms with Gasteiger partial charge in [-0.1, -0.05) is 93.4 Å². The van der Waals surface area contributed by atoms with Crippen LogP contribution >= 0.6 is 23.4 Å². The zero-order valence-electron chi connectivity index (χ0n) is 17.9. The van der Waals surface area contributed by atoms with Gasteiger partial charge in [-0.3, -0.25) is 0 Å². The summed E-state index contributed by atoms with van der Waals surface area (Å²) in [5, 5.41) is 0.903. The highest BCUT2D eigenvalue weighted by atomic mass is 35.5. The Kier molecular flexibility index (Phi) is 13.6. The molecule has 2 rings (SSSR count). The number of benzene rings is 2. The van der Waals surface area contributed by atoms with E-state index in [1.54, 1.807) is 0 Å². The van der Waals surface area contributed by atoms with Crippen molar-refractivity contribution in [2.75, 3.05) is 5.75 Å². The third-order valence-electron chi connectivity index (χ3n) is 4.30. The second kappa shape index (κ2) is 15.5. The van der Waals surface area contributed by atoms with Crippen molar-refractivity contribution in [3.05, 3.63) is 88.5 Å². The Morgan fingerprint density at radius 1 is 0.964 bits per heavy atom. The van der Waals surface area contributed by atoms with Crippen LogP contribution < -0.4 is 0 Å². The van der Waals surface area contributed by atoms with Crippen LogP contribution in [0.15, 0.2) is 82.3 Å². The monoisotopic (exact) mass is 414 g/mol. The average Bonchev–Trinajstić information content (AvgIpc) is 2.76. The molecule has 0 atom stereocenters. The minimum Gasteiger partial charge on any atom is -0.126 e. The van der Waals surface area contributed by atoms with Gasteiger partial charge in [0.05, 0.1) is 0 Å². The second-order valence-electron chi connectivity index (χ2n) is 6.39. The Hall–Kier alpha value is -1.44. The third-order valence-corrected chi connectivity index (χ3v) is 5.79. The maximum atomic E-state index is 6.30. The molecule has 2 aromatic rings. The molecular weight excluding hydrogens is 380 g/mol. The lowest BCUT2D eigenvalue weighted by atomic mass is 10.0. The molecule has 0 aliphatic rings. The van der Waals surface area contributed by atoms with Crippen molar-refractivity contribution in [3.8, 4) is 0 Å². The minimum absolute atomic E-state index is 0.903. The van der Waals surface area contributed by atoms with Gasteiger partial charge in [0.25, 0.3) is 0 Å². The number of aryl methyl sites for hydroxylation is 2. The van der Waals surface area contributed by atoms with E-state index in [0.29, 0.717) is 0 Å². The van der Waals surface area contributed by atoms with Crippen molar-refractivity contribution in [3.63, 3.8) is 0 Å². The normalized spacial score (nSPS) is 11.8. The van der Waals surface area contributed by atoms with Crippen molar-refractivity contribution in [1.29, 1.82) is 0 Å². The summed E-state index contributed by atoms with van der Waals surface area (Å²) >= 11 is 8.23. The summed E-state index contributed by atoms with van der Waals surface area (Å²) in [7, 11) is 0. The van der Waals surface area contributed by atoms with Gasteiger partial charge in [0.2, 0.25) is 0 Å². The van der Waals surface area contributed by atoms with E-state index in [1.165, 1.54) is 21.6 Å². The molecule has 152 valence electrons. The van der Waals surface area contributed by atoms with Crippen LogP contribution in [0.2, 0.25) is 0 Å². The quantitative estimate of drug-likeness (QED) is 0.212. The van der Waals surface area contributed by atoms with E-state index in [-0.39, 0.29) is 0 Å². The van der Waals surface area contributed by atoms with E-state index in [0.717, 1.165) is 42.9 Å². The number of hydrogen-bond donors (Lipinski definition) is 0. The highest BCUT2D eigenvalue weighted by Gasteiger charge is 2.01. The first-order chi connectivity index (χ1) is 13.7. The van der Waals surface area contributed by atoms with Crippen LogP contribution in [0.5, 0.6) is 0 Å². The van der Waals surface area contributed by atoms with Crippen LogP contribution in [0.4, 0.5) is 0 Å².